The molecule has 0 aromatic carbocycles. The van der Waals surface area contributed by atoms with E-state index in [4.69, 9.17) is 0 Å². The first-order chi connectivity index (χ1) is 10.1. The minimum atomic E-state index is -0.837. The van der Waals surface area contributed by atoms with Crippen LogP contribution in [0.2, 0.25) is 0 Å². The van der Waals surface area contributed by atoms with Crippen LogP contribution in [-0.4, -0.2) is 46.3 Å². The van der Waals surface area contributed by atoms with Gasteiger partial charge in [-0.25, -0.2) is 4.39 Å². The van der Waals surface area contributed by atoms with Crippen molar-refractivity contribution in [1.82, 2.24) is 20.0 Å². The van der Waals surface area contributed by atoms with Gasteiger partial charge >= 0.3 is 0 Å². The molecule has 21 heavy (non-hydrogen) atoms. The standard InChI is InChI=1S/C14H19FN4O2/c1-16-13(20)6-12-8-18(7-11-2-3-17-19(11)12)14(21)9-4-10(15)5-9/h2-3,9-10,12H,4-8H2,1H3,(H,16,20)/t9?,10?,12-/m0/s1. The Labute approximate surface area is 122 Å². The van der Waals surface area contributed by atoms with Gasteiger partial charge in [-0.1, -0.05) is 0 Å². The number of nitrogens with zero attached hydrogens (tertiary/aromatic N) is 3. The number of carbonyl (C=O) groups is 2. The maximum atomic E-state index is 12.9. The molecule has 114 valence electrons. The normalized spacial score (nSPS) is 27.7. The Morgan fingerprint density at radius 2 is 2.24 bits per heavy atom. The summed E-state index contributed by atoms with van der Waals surface area (Å²) in [5.41, 5.74) is 0.916. The van der Waals surface area contributed by atoms with Crippen molar-refractivity contribution >= 4 is 11.8 Å². The van der Waals surface area contributed by atoms with Crippen LogP contribution in [0.1, 0.15) is 31.0 Å². The second kappa shape index (κ2) is 5.46. The number of aromatic nitrogens is 2. The Morgan fingerprint density at radius 1 is 1.48 bits per heavy atom. The predicted octanol–water partition coefficient (Wildman–Crippen LogP) is 0.651. The van der Waals surface area contributed by atoms with E-state index in [9.17, 15) is 14.0 Å². The molecular weight excluding hydrogens is 275 g/mol. The van der Waals surface area contributed by atoms with Crippen LogP contribution >= 0.6 is 0 Å². The first-order valence-electron chi connectivity index (χ1n) is 7.24. The van der Waals surface area contributed by atoms with Crippen molar-refractivity contribution in [2.75, 3.05) is 13.6 Å². The van der Waals surface area contributed by atoms with E-state index in [1.165, 1.54) is 0 Å². The second-order valence-electron chi connectivity index (χ2n) is 5.78. The number of amides is 2. The second-order valence-corrected chi connectivity index (χ2v) is 5.78. The summed E-state index contributed by atoms with van der Waals surface area (Å²) >= 11 is 0. The van der Waals surface area contributed by atoms with Gasteiger partial charge in [-0.05, 0) is 18.9 Å². The van der Waals surface area contributed by atoms with Crippen molar-refractivity contribution in [1.29, 1.82) is 0 Å². The molecule has 1 atom stereocenters. The lowest BCUT2D eigenvalue weighted by Crippen LogP contribution is -2.47. The zero-order valence-electron chi connectivity index (χ0n) is 12.0. The Balaban J connectivity index is 1.74. The molecule has 1 aromatic heterocycles. The van der Waals surface area contributed by atoms with Crippen LogP contribution in [0, 0.1) is 5.92 Å². The molecule has 2 aliphatic rings. The van der Waals surface area contributed by atoms with Gasteiger partial charge in [0.15, 0.2) is 0 Å². The molecule has 6 nitrogen and oxygen atoms in total. The van der Waals surface area contributed by atoms with Gasteiger partial charge < -0.3 is 10.2 Å². The quantitative estimate of drug-likeness (QED) is 0.890. The topological polar surface area (TPSA) is 67.2 Å². The van der Waals surface area contributed by atoms with E-state index in [2.05, 4.69) is 10.4 Å². The highest BCUT2D eigenvalue weighted by atomic mass is 19.1. The van der Waals surface area contributed by atoms with E-state index in [1.807, 2.05) is 10.7 Å². The fourth-order valence-corrected chi connectivity index (χ4v) is 3.03. The monoisotopic (exact) mass is 294 g/mol. The summed E-state index contributed by atoms with van der Waals surface area (Å²) in [7, 11) is 1.59. The number of hydrogen-bond donors (Lipinski definition) is 1. The zero-order valence-corrected chi connectivity index (χ0v) is 12.0. The van der Waals surface area contributed by atoms with Crippen LogP contribution in [-0.2, 0) is 16.1 Å². The van der Waals surface area contributed by atoms with Crippen molar-refractivity contribution in [2.24, 2.45) is 5.92 Å². The Morgan fingerprint density at radius 3 is 2.90 bits per heavy atom. The number of carbonyl (C=O) groups excluding carboxylic acids is 2. The lowest BCUT2D eigenvalue weighted by Gasteiger charge is -2.38. The Bertz CT molecular complexity index is 553. The molecule has 0 unspecified atom stereocenters. The third-order valence-corrected chi connectivity index (χ3v) is 4.32. The van der Waals surface area contributed by atoms with E-state index in [1.54, 1.807) is 18.1 Å². The van der Waals surface area contributed by atoms with Gasteiger partial charge in [0.2, 0.25) is 11.8 Å². The zero-order chi connectivity index (χ0) is 15.0. The van der Waals surface area contributed by atoms with Gasteiger partial charge in [-0.15, -0.1) is 0 Å². The highest BCUT2D eigenvalue weighted by Crippen LogP contribution is 2.33. The van der Waals surface area contributed by atoms with Crippen molar-refractivity contribution in [3.8, 4) is 0 Å². The number of halogens is 1. The molecule has 1 aliphatic heterocycles. The first kappa shape index (κ1) is 14.0. The van der Waals surface area contributed by atoms with E-state index in [-0.39, 0.29) is 30.2 Å². The van der Waals surface area contributed by atoms with E-state index >= 15 is 0 Å². The molecule has 1 fully saturated rings. The molecule has 1 saturated carbocycles. The average molecular weight is 294 g/mol. The van der Waals surface area contributed by atoms with Crippen LogP contribution in [0.3, 0.4) is 0 Å². The fourth-order valence-electron chi connectivity index (χ4n) is 3.03. The molecule has 1 aromatic rings. The lowest BCUT2D eigenvalue weighted by atomic mass is 9.82. The summed E-state index contributed by atoms with van der Waals surface area (Å²) in [5, 5.41) is 6.85. The Hall–Kier alpha value is -1.92. The van der Waals surface area contributed by atoms with E-state index < -0.39 is 6.17 Å². The molecule has 3 rings (SSSR count). The number of nitrogens with one attached hydrogen (secondary N) is 1. The molecule has 0 bridgehead atoms. The highest BCUT2D eigenvalue weighted by Gasteiger charge is 2.39. The van der Waals surface area contributed by atoms with Crippen LogP contribution in [0.15, 0.2) is 12.3 Å². The van der Waals surface area contributed by atoms with Crippen LogP contribution < -0.4 is 5.32 Å². The van der Waals surface area contributed by atoms with E-state index in [0.29, 0.717) is 25.9 Å². The minimum Gasteiger partial charge on any atom is -0.359 e. The molecular formula is C14H19FN4O2. The van der Waals surface area contributed by atoms with Gasteiger partial charge in [0.1, 0.15) is 6.17 Å². The molecule has 1 aliphatic carbocycles. The van der Waals surface area contributed by atoms with Crippen LogP contribution in [0.4, 0.5) is 4.39 Å². The largest absolute Gasteiger partial charge is 0.359 e. The third kappa shape index (κ3) is 2.64. The molecule has 7 heteroatoms. The minimum absolute atomic E-state index is 0.00161. The Kier molecular flexibility index (Phi) is 3.65. The number of fused-ring (bicyclic) bond motifs is 1. The summed E-state index contributed by atoms with van der Waals surface area (Å²) in [6, 6.07) is 1.70. The molecule has 0 radical (unpaired) electrons. The van der Waals surface area contributed by atoms with Gasteiger partial charge in [0.25, 0.3) is 0 Å². The molecule has 2 amide bonds. The maximum Gasteiger partial charge on any atom is 0.226 e. The summed E-state index contributed by atoms with van der Waals surface area (Å²) < 4.78 is 14.8. The first-order valence-corrected chi connectivity index (χ1v) is 7.24. The molecule has 2 heterocycles. The fraction of sp³-hybridized carbons (Fsp3) is 0.643. The van der Waals surface area contributed by atoms with Crippen molar-refractivity contribution in [2.45, 2.75) is 38.0 Å². The van der Waals surface area contributed by atoms with Gasteiger partial charge in [-0.2, -0.15) is 5.10 Å². The lowest BCUT2D eigenvalue weighted by molar-refractivity contribution is -0.143. The van der Waals surface area contributed by atoms with Gasteiger partial charge in [0, 0.05) is 25.7 Å². The SMILES string of the molecule is CNC(=O)C[C@H]1CN(C(=O)C2CC(F)C2)Cc2ccnn21. The van der Waals surface area contributed by atoms with E-state index in [0.717, 1.165) is 5.69 Å². The van der Waals surface area contributed by atoms with Crippen molar-refractivity contribution in [3.05, 3.63) is 18.0 Å². The molecule has 1 N–H and O–H groups in total. The highest BCUT2D eigenvalue weighted by molar-refractivity contribution is 5.80. The number of hydrogen-bond acceptors (Lipinski definition) is 3. The smallest absolute Gasteiger partial charge is 0.226 e. The summed E-state index contributed by atoms with van der Waals surface area (Å²) in [5.74, 6) is -0.281. The number of alkyl halides is 1. The average Bonchev–Trinajstić information content (AvgIpc) is 2.91. The number of rotatable bonds is 3. The van der Waals surface area contributed by atoms with Crippen molar-refractivity contribution in [3.63, 3.8) is 0 Å². The molecule has 0 saturated heterocycles. The third-order valence-electron chi connectivity index (χ3n) is 4.32. The molecule has 0 spiro atoms. The van der Waals surface area contributed by atoms with Crippen LogP contribution in [0.25, 0.3) is 0 Å². The summed E-state index contributed by atoms with van der Waals surface area (Å²) in [4.78, 5) is 25.8. The summed E-state index contributed by atoms with van der Waals surface area (Å²) in [6.45, 7) is 0.935. The van der Waals surface area contributed by atoms with Crippen LogP contribution in [0.5, 0.6) is 0 Å². The van der Waals surface area contributed by atoms with Gasteiger partial charge in [0.05, 0.1) is 24.7 Å². The summed E-state index contributed by atoms with van der Waals surface area (Å²) in [6.07, 6.45) is 1.78. The predicted molar refractivity (Wildman–Crippen MR) is 73.0 cm³/mol. The van der Waals surface area contributed by atoms with Gasteiger partial charge in [-0.3, -0.25) is 14.3 Å². The maximum absolute atomic E-state index is 12.9. The van der Waals surface area contributed by atoms with Crippen molar-refractivity contribution < 1.29 is 14.0 Å².